The minimum atomic E-state index is -0.317. The topological polar surface area (TPSA) is 72.2 Å². The minimum absolute atomic E-state index is 0.132. The molecule has 1 unspecified atom stereocenters. The summed E-state index contributed by atoms with van der Waals surface area (Å²) in [5.74, 6) is -0.527. The van der Waals surface area contributed by atoms with Crippen molar-refractivity contribution >= 4 is 27.7 Å². The van der Waals surface area contributed by atoms with Crippen LogP contribution in [0.4, 0.5) is 4.39 Å². The molecule has 8 heteroatoms. The maximum absolute atomic E-state index is 13.5. The number of carbonyl (C=O) groups is 1. The van der Waals surface area contributed by atoms with Gasteiger partial charge >= 0.3 is 0 Å². The number of hydrogen-bond donors (Lipinski definition) is 1. The number of carbonyl (C=O) groups excluding carboxylic acids is 1. The number of likely N-dealkylation sites (tertiary alicyclic amines) is 1. The van der Waals surface area contributed by atoms with Gasteiger partial charge in [-0.25, -0.2) is 9.07 Å². The first-order chi connectivity index (χ1) is 17.5. The molecule has 0 bridgehead atoms. The van der Waals surface area contributed by atoms with Crippen LogP contribution in [0.2, 0.25) is 0 Å². The molecule has 36 heavy (non-hydrogen) atoms. The summed E-state index contributed by atoms with van der Waals surface area (Å²) < 4.78 is 16.6. The van der Waals surface area contributed by atoms with Crippen molar-refractivity contribution in [2.24, 2.45) is 0 Å². The fourth-order valence-electron chi connectivity index (χ4n) is 5.23. The third-order valence-electron chi connectivity index (χ3n) is 7.21. The van der Waals surface area contributed by atoms with Crippen LogP contribution in [0.5, 0.6) is 0 Å². The molecule has 0 radical (unpaired) electrons. The highest BCUT2D eigenvalue weighted by Crippen LogP contribution is 2.27. The van der Waals surface area contributed by atoms with Crippen molar-refractivity contribution in [3.8, 4) is 0 Å². The molecule has 0 aliphatic carbocycles. The number of benzene rings is 2. The van der Waals surface area contributed by atoms with Gasteiger partial charge in [0.15, 0.2) is 0 Å². The lowest BCUT2D eigenvalue weighted by Gasteiger charge is -2.33. The molecular weight excluding hydrogens is 457 g/mol. The van der Waals surface area contributed by atoms with E-state index < -0.39 is 0 Å². The molecule has 3 heterocycles. The van der Waals surface area contributed by atoms with Crippen LogP contribution < -0.4 is 10.9 Å². The van der Waals surface area contributed by atoms with Gasteiger partial charge in [0.1, 0.15) is 17.9 Å². The van der Waals surface area contributed by atoms with E-state index in [0.29, 0.717) is 24.6 Å². The molecule has 2 aromatic carbocycles. The van der Waals surface area contributed by atoms with Crippen molar-refractivity contribution in [2.45, 2.75) is 51.7 Å². The zero-order valence-corrected chi connectivity index (χ0v) is 20.6. The second-order valence-electron chi connectivity index (χ2n) is 9.68. The Morgan fingerprint density at radius 1 is 1.11 bits per heavy atom. The molecule has 7 nitrogen and oxygen atoms in total. The average Bonchev–Trinajstić information content (AvgIpc) is 3.20. The van der Waals surface area contributed by atoms with Gasteiger partial charge in [0.2, 0.25) is 5.91 Å². The van der Waals surface area contributed by atoms with E-state index in [-0.39, 0.29) is 23.8 Å². The van der Waals surface area contributed by atoms with E-state index in [2.05, 4.69) is 22.2 Å². The lowest BCUT2D eigenvalue weighted by molar-refractivity contribution is -0.121. The van der Waals surface area contributed by atoms with E-state index in [1.165, 1.54) is 36.1 Å². The van der Waals surface area contributed by atoms with E-state index in [1.807, 2.05) is 28.8 Å². The smallest absolute Gasteiger partial charge is 0.291 e. The third kappa shape index (κ3) is 5.04. The maximum Gasteiger partial charge on any atom is 0.291 e. The Kier molecular flexibility index (Phi) is 7.13. The molecule has 1 saturated heterocycles. The highest BCUT2D eigenvalue weighted by molar-refractivity contribution is 6.07. The summed E-state index contributed by atoms with van der Waals surface area (Å²) in [4.78, 5) is 28.6. The Bertz CT molecular complexity index is 1430. The van der Waals surface area contributed by atoms with Gasteiger partial charge in [-0.2, -0.15) is 5.10 Å². The molecular formula is C28H32FN5O2. The Morgan fingerprint density at radius 3 is 2.72 bits per heavy atom. The highest BCUT2D eigenvalue weighted by Gasteiger charge is 2.19. The second kappa shape index (κ2) is 10.6. The van der Waals surface area contributed by atoms with Crippen molar-refractivity contribution in [3.63, 3.8) is 0 Å². The molecule has 188 valence electrons. The first-order valence-corrected chi connectivity index (χ1v) is 12.7. The fourth-order valence-corrected chi connectivity index (χ4v) is 5.23. The number of halogens is 1. The summed E-state index contributed by atoms with van der Waals surface area (Å²) in [6, 6.07) is 14.6. The van der Waals surface area contributed by atoms with Crippen molar-refractivity contribution in [2.75, 3.05) is 19.6 Å². The molecule has 1 N–H and O–H groups in total. The van der Waals surface area contributed by atoms with Gasteiger partial charge in [0, 0.05) is 42.0 Å². The monoisotopic (exact) mass is 489 g/mol. The van der Waals surface area contributed by atoms with E-state index >= 15 is 0 Å². The van der Waals surface area contributed by atoms with Gasteiger partial charge in [0.25, 0.3) is 5.56 Å². The number of para-hydroxylation sites is 1. The van der Waals surface area contributed by atoms with Crippen LogP contribution in [0, 0.1) is 5.82 Å². The van der Waals surface area contributed by atoms with Crippen LogP contribution in [-0.4, -0.2) is 50.8 Å². The van der Waals surface area contributed by atoms with Gasteiger partial charge in [-0.3, -0.25) is 9.59 Å². The number of aromatic nitrogens is 3. The second-order valence-corrected chi connectivity index (χ2v) is 9.68. The quantitative estimate of drug-likeness (QED) is 0.381. The molecule has 4 aromatic rings. The Hall–Kier alpha value is -3.52. The predicted octanol–water partition coefficient (Wildman–Crippen LogP) is 3.92. The summed E-state index contributed by atoms with van der Waals surface area (Å²) in [7, 11) is 0. The van der Waals surface area contributed by atoms with E-state index in [9.17, 15) is 14.0 Å². The Labute approximate surface area is 209 Å². The SMILES string of the molecule is CC1CCCCN1CCCNC(=O)Cn1ncc2c3ccccc3n(Cc3ccc(F)cc3)c2c1=O. The lowest BCUT2D eigenvalue weighted by Crippen LogP contribution is -2.40. The minimum Gasteiger partial charge on any atom is -0.354 e. The largest absolute Gasteiger partial charge is 0.354 e. The van der Waals surface area contributed by atoms with E-state index in [4.69, 9.17) is 0 Å². The first kappa shape index (κ1) is 24.2. The highest BCUT2D eigenvalue weighted by atomic mass is 19.1. The Balaban J connectivity index is 1.34. The van der Waals surface area contributed by atoms with E-state index in [1.54, 1.807) is 18.3 Å². The predicted molar refractivity (Wildman–Crippen MR) is 140 cm³/mol. The number of hydrogen-bond acceptors (Lipinski definition) is 4. The van der Waals surface area contributed by atoms with Crippen LogP contribution in [0.1, 0.15) is 38.2 Å². The molecule has 5 rings (SSSR count). The van der Waals surface area contributed by atoms with Gasteiger partial charge in [-0.1, -0.05) is 36.8 Å². The lowest BCUT2D eigenvalue weighted by atomic mass is 10.0. The van der Waals surface area contributed by atoms with Gasteiger partial charge in [-0.05, 0) is 56.5 Å². The molecule has 1 atom stereocenters. The number of piperidine rings is 1. The van der Waals surface area contributed by atoms with Crippen molar-refractivity contribution in [3.05, 3.63) is 76.5 Å². The Morgan fingerprint density at radius 2 is 1.92 bits per heavy atom. The van der Waals surface area contributed by atoms with E-state index in [0.717, 1.165) is 41.4 Å². The number of rotatable bonds is 8. The number of nitrogens with one attached hydrogen (secondary N) is 1. The zero-order valence-electron chi connectivity index (χ0n) is 20.6. The fraction of sp³-hybridized carbons (Fsp3) is 0.393. The van der Waals surface area contributed by atoms with Gasteiger partial charge < -0.3 is 14.8 Å². The van der Waals surface area contributed by atoms with Crippen LogP contribution in [0.25, 0.3) is 21.8 Å². The zero-order chi connectivity index (χ0) is 25.1. The summed E-state index contributed by atoms with van der Waals surface area (Å²) in [6.07, 6.45) is 6.31. The summed E-state index contributed by atoms with van der Waals surface area (Å²) in [5, 5.41) is 8.91. The van der Waals surface area contributed by atoms with Crippen LogP contribution in [0.15, 0.2) is 59.5 Å². The van der Waals surface area contributed by atoms with Crippen molar-refractivity contribution in [1.29, 1.82) is 0 Å². The van der Waals surface area contributed by atoms with Crippen LogP contribution in [-0.2, 0) is 17.9 Å². The summed E-state index contributed by atoms with van der Waals surface area (Å²) in [6.45, 7) is 5.21. The maximum atomic E-state index is 13.5. The molecule has 0 spiro atoms. The number of nitrogens with zero attached hydrogens (tertiary/aromatic N) is 4. The van der Waals surface area contributed by atoms with Crippen LogP contribution >= 0.6 is 0 Å². The van der Waals surface area contributed by atoms with Crippen molar-refractivity contribution in [1.82, 2.24) is 24.6 Å². The summed E-state index contributed by atoms with van der Waals surface area (Å²) in [5.41, 5.74) is 1.94. The number of fused-ring (bicyclic) bond motifs is 3. The molecule has 1 aliphatic rings. The van der Waals surface area contributed by atoms with Gasteiger partial charge in [0.05, 0.1) is 6.20 Å². The standard InChI is InChI=1S/C28H32FN5O2/c1-20-7-4-5-15-32(20)16-6-14-30-26(35)19-34-28(36)27-24(17-31-34)23-8-2-3-9-25(23)33(27)18-21-10-12-22(29)13-11-21/h2-3,8-13,17,20H,4-7,14-16,18-19H2,1H3,(H,30,35). The molecule has 0 saturated carbocycles. The molecule has 1 aliphatic heterocycles. The average molecular weight is 490 g/mol. The van der Waals surface area contributed by atoms with Crippen molar-refractivity contribution < 1.29 is 9.18 Å². The first-order valence-electron chi connectivity index (χ1n) is 12.7. The third-order valence-corrected chi connectivity index (χ3v) is 7.21. The molecule has 2 aromatic heterocycles. The molecule has 1 amide bonds. The normalized spacial score (nSPS) is 16.6. The van der Waals surface area contributed by atoms with Gasteiger partial charge in [-0.15, -0.1) is 0 Å². The number of amides is 1. The molecule has 1 fully saturated rings. The van der Waals surface area contributed by atoms with Crippen LogP contribution in [0.3, 0.4) is 0 Å². The summed E-state index contributed by atoms with van der Waals surface area (Å²) >= 11 is 0.